The van der Waals surface area contributed by atoms with Crippen LogP contribution in [0.5, 0.6) is 11.8 Å². The van der Waals surface area contributed by atoms with Crippen molar-refractivity contribution in [1.29, 1.82) is 0 Å². The highest BCUT2D eigenvalue weighted by molar-refractivity contribution is 5.75. The van der Waals surface area contributed by atoms with Crippen molar-refractivity contribution >= 4 is 11.5 Å². The molecule has 0 spiro atoms. The molecule has 0 aliphatic rings. The van der Waals surface area contributed by atoms with Crippen LogP contribution in [-0.4, -0.2) is 20.6 Å². The lowest BCUT2D eigenvalue weighted by Crippen LogP contribution is -1.98. The number of nitrogen functional groups attached to an aromatic ring is 1. The average Bonchev–Trinajstić information content (AvgIpc) is 2.43. The molecular weight excluding hydrogens is 208 g/mol. The minimum Gasteiger partial charge on any atom is -0.494 e. The summed E-state index contributed by atoms with van der Waals surface area (Å²) in [6, 6.07) is 1.32. The Balaban J connectivity index is 2.34. The number of hydrogen-bond donors (Lipinski definition) is 3. The van der Waals surface area contributed by atoms with Crippen molar-refractivity contribution in [3.63, 3.8) is 0 Å². The fourth-order valence-electron chi connectivity index (χ4n) is 1.59. The summed E-state index contributed by atoms with van der Waals surface area (Å²) < 4.78 is 1.36. The number of aromatic nitrogens is 1. The molecule has 5 nitrogen and oxygen atoms in total. The van der Waals surface area contributed by atoms with Gasteiger partial charge in [0.15, 0.2) is 5.88 Å². The van der Waals surface area contributed by atoms with Crippen LogP contribution in [0.25, 0.3) is 0 Å². The molecule has 0 fully saturated rings. The molecule has 0 saturated carbocycles. The van der Waals surface area contributed by atoms with E-state index < -0.39 is 0 Å². The van der Waals surface area contributed by atoms with Crippen LogP contribution in [0.2, 0.25) is 0 Å². The van der Waals surface area contributed by atoms with Crippen LogP contribution in [0, 0.1) is 0 Å². The monoisotopic (exact) mass is 226 g/mol. The van der Waals surface area contributed by atoms with Crippen LogP contribution in [0.1, 0.15) is 32.6 Å². The summed E-state index contributed by atoms with van der Waals surface area (Å²) in [5.41, 5.74) is 5.62. The van der Waals surface area contributed by atoms with Gasteiger partial charge in [-0.15, -0.1) is 0 Å². The predicted molar refractivity (Wildman–Crippen MR) is 61.3 cm³/mol. The molecule has 0 bridgehead atoms. The summed E-state index contributed by atoms with van der Waals surface area (Å²) in [7, 11) is 0. The number of nitrogens with two attached hydrogens (primary N) is 1. The summed E-state index contributed by atoms with van der Waals surface area (Å²) in [4.78, 5) is 10.7. The number of ketones is 1. The van der Waals surface area contributed by atoms with Gasteiger partial charge >= 0.3 is 0 Å². The molecule has 16 heavy (non-hydrogen) atoms. The van der Waals surface area contributed by atoms with Crippen LogP contribution in [-0.2, 0) is 11.3 Å². The van der Waals surface area contributed by atoms with Crippen molar-refractivity contribution in [3.05, 3.63) is 6.07 Å². The number of hydrogen-bond acceptors (Lipinski definition) is 4. The molecule has 5 heteroatoms. The number of anilines is 1. The molecule has 0 aromatic carbocycles. The van der Waals surface area contributed by atoms with Crippen molar-refractivity contribution in [2.24, 2.45) is 0 Å². The standard InChI is InChI=1S/C11H18N2O3/c1-8(14)5-3-2-4-6-13-10(15)7-9(12)11(13)16/h7,15-16H,2-6,12H2,1H3. The van der Waals surface area contributed by atoms with Crippen LogP contribution >= 0.6 is 0 Å². The fourth-order valence-corrected chi connectivity index (χ4v) is 1.59. The second kappa shape index (κ2) is 5.44. The second-order valence-corrected chi connectivity index (χ2v) is 3.95. The molecule has 1 rings (SSSR count). The van der Waals surface area contributed by atoms with Gasteiger partial charge in [0.2, 0.25) is 5.88 Å². The van der Waals surface area contributed by atoms with Crippen LogP contribution < -0.4 is 5.73 Å². The largest absolute Gasteiger partial charge is 0.494 e. The minimum atomic E-state index is -0.0935. The Bertz CT molecular complexity index is 372. The lowest BCUT2D eigenvalue weighted by atomic mass is 10.1. The highest BCUT2D eigenvalue weighted by atomic mass is 16.3. The number of rotatable bonds is 6. The Hall–Kier alpha value is -1.65. The predicted octanol–water partition coefficient (Wildman–Crippen LogP) is 1.63. The normalized spacial score (nSPS) is 10.6. The molecule has 4 N–H and O–H groups in total. The van der Waals surface area contributed by atoms with Crippen LogP contribution in [0.4, 0.5) is 5.69 Å². The summed E-state index contributed by atoms with van der Waals surface area (Å²) in [5, 5.41) is 18.9. The van der Waals surface area contributed by atoms with E-state index in [1.165, 1.54) is 10.6 Å². The molecule has 0 aliphatic carbocycles. The Kier molecular flexibility index (Phi) is 4.22. The van der Waals surface area contributed by atoms with E-state index in [1.807, 2.05) is 0 Å². The second-order valence-electron chi connectivity index (χ2n) is 3.95. The Labute approximate surface area is 94.5 Å². The van der Waals surface area contributed by atoms with E-state index in [0.29, 0.717) is 13.0 Å². The van der Waals surface area contributed by atoms with Crippen molar-refractivity contribution < 1.29 is 15.0 Å². The quantitative estimate of drug-likeness (QED) is 0.643. The number of nitrogens with zero attached hydrogens (tertiary/aromatic N) is 1. The highest BCUT2D eigenvalue weighted by Gasteiger charge is 2.10. The smallest absolute Gasteiger partial charge is 0.217 e. The van der Waals surface area contributed by atoms with E-state index >= 15 is 0 Å². The van der Waals surface area contributed by atoms with E-state index in [-0.39, 0.29) is 23.2 Å². The maximum Gasteiger partial charge on any atom is 0.217 e. The number of unbranched alkanes of at least 4 members (excludes halogenated alkanes) is 2. The topological polar surface area (TPSA) is 88.5 Å². The van der Waals surface area contributed by atoms with Gasteiger partial charge in [0.25, 0.3) is 0 Å². The van der Waals surface area contributed by atoms with Gasteiger partial charge in [-0.1, -0.05) is 6.42 Å². The number of carbonyl (C=O) groups is 1. The highest BCUT2D eigenvalue weighted by Crippen LogP contribution is 2.29. The van der Waals surface area contributed by atoms with E-state index in [9.17, 15) is 15.0 Å². The average molecular weight is 226 g/mol. The Morgan fingerprint density at radius 3 is 2.56 bits per heavy atom. The van der Waals surface area contributed by atoms with Gasteiger partial charge in [-0.25, -0.2) is 0 Å². The molecule has 1 heterocycles. The summed E-state index contributed by atoms with van der Waals surface area (Å²) in [6.07, 6.45) is 3.11. The maximum absolute atomic E-state index is 10.7. The lowest BCUT2D eigenvalue weighted by Gasteiger charge is -2.06. The zero-order valence-corrected chi connectivity index (χ0v) is 9.44. The molecule has 1 aromatic rings. The zero-order chi connectivity index (χ0) is 12.1. The minimum absolute atomic E-state index is 0.0263. The van der Waals surface area contributed by atoms with Gasteiger partial charge < -0.3 is 20.7 Å². The molecule has 0 aliphatic heterocycles. The van der Waals surface area contributed by atoms with Gasteiger partial charge in [0.1, 0.15) is 5.78 Å². The van der Waals surface area contributed by atoms with E-state index in [0.717, 1.165) is 19.3 Å². The Morgan fingerprint density at radius 1 is 1.38 bits per heavy atom. The first-order chi connectivity index (χ1) is 7.52. The van der Waals surface area contributed by atoms with Crippen molar-refractivity contribution in [3.8, 4) is 11.8 Å². The lowest BCUT2D eigenvalue weighted by molar-refractivity contribution is -0.117. The molecule has 0 amide bonds. The zero-order valence-electron chi connectivity index (χ0n) is 9.44. The van der Waals surface area contributed by atoms with Crippen molar-refractivity contribution in [1.82, 2.24) is 4.57 Å². The SMILES string of the molecule is CC(=O)CCCCCn1c(O)cc(N)c1O. The molecule has 0 saturated heterocycles. The third-order valence-electron chi connectivity index (χ3n) is 2.49. The van der Waals surface area contributed by atoms with E-state index in [2.05, 4.69) is 0 Å². The molecule has 90 valence electrons. The Morgan fingerprint density at radius 2 is 2.06 bits per heavy atom. The van der Waals surface area contributed by atoms with Gasteiger partial charge in [-0.2, -0.15) is 0 Å². The first-order valence-corrected chi connectivity index (χ1v) is 5.38. The maximum atomic E-state index is 10.7. The van der Waals surface area contributed by atoms with Crippen LogP contribution in [0.15, 0.2) is 6.07 Å². The molecular formula is C11H18N2O3. The van der Waals surface area contributed by atoms with Crippen molar-refractivity contribution in [2.75, 3.05) is 5.73 Å². The summed E-state index contributed by atoms with van der Waals surface area (Å²) in [6.45, 7) is 2.08. The first kappa shape index (κ1) is 12.4. The molecule has 1 aromatic heterocycles. The number of Topliss-reactive ketones (excluding diaryl/α,β-unsaturated/α-hetero) is 1. The van der Waals surface area contributed by atoms with Crippen LogP contribution in [0.3, 0.4) is 0 Å². The third-order valence-corrected chi connectivity index (χ3v) is 2.49. The third kappa shape index (κ3) is 3.18. The summed E-state index contributed by atoms with van der Waals surface area (Å²) >= 11 is 0. The fraction of sp³-hybridized carbons (Fsp3) is 0.545. The van der Waals surface area contributed by atoms with Gasteiger partial charge in [-0.05, 0) is 19.8 Å². The molecule has 0 radical (unpaired) electrons. The van der Waals surface area contributed by atoms with E-state index in [4.69, 9.17) is 5.73 Å². The molecule has 0 unspecified atom stereocenters. The van der Waals surface area contributed by atoms with Gasteiger partial charge in [0, 0.05) is 19.0 Å². The number of aromatic hydroxyl groups is 2. The van der Waals surface area contributed by atoms with E-state index in [1.54, 1.807) is 6.92 Å². The molecule has 0 atom stereocenters. The van der Waals surface area contributed by atoms with Gasteiger partial charge in [0.05, 0.1) is 5.69 Å². The van der Waals surface area contributed by atoms with Gasteiger partial charge in [-0.3, -0.25) is 4.57 Å². The van der Waals surface area contributed by atoms with Crippen molar-refractivity contribution in [2.45, 2.75) is 39.2 Å². The summed E-state index contributed by atoms with van der Waals surface area (Å²) in [5.74, 6) is 0.0709. The first-order valence-electron chi connectivity index (χ1n) is 5.38. The number of carbonyl (C=O) groups excluding carboxylic acids is 1.